The Balaban J connectivity index is 0.00000161. The van der Waals surface area contributed by atoms with Crippen molar-refractivity contribution in [3.63, 3.8) is 0 Å². The van der Waals surface area contributed by atoms with Crippen molar-refractivity contribution in [2.75, 3.05) is 0 Å². The summed E-state index contributed by atoms with van der Waals surface area (Å²) >= 11 is 12.9. The molecule has 1 aromatic carbocycles. The normalized spacial score (nSPS) is 10.9. The van der Waals surface area contributed by atoms with E-state index in [4.69, 9.17) is 4.42 Å². The second-order valence-corrected chi connectivity index (χ2v) is 7.23. The minimum atomic E-state index is -0.222. The Labute approximate surface area is 152 Å². The van der Waals surface area contributed by atoms with E-state index in [0.717, 1.165) is 0 Å². The van der Waals surface area contributed by atoms with Crippen LogP contribution in [0.4, 0.5) is 0 Å². The summed E-state index contributed by atoms with van der Waals surface area (Å²) in [7, 11) is 0. The first-order valence-electron chi connectivity index (χ1n) is 5.19. The molecule has 0 bridgehead atoms. The van der Waals surface area contributed by atoms with Crippen molar-refractivity contribution in [3.05, 3.63) is 40.2 Å². The molecule has 21 heavy (non-hydrogen) atoms. The van der Waals surface area contributed by atoms with Crippen LogP contribution in [-0.4, -0.2) is 10.1 Å². The largest absolute Gasteiger partial charge is 0.505 e. The van der Waals surface area contributed by atoms with Crippen LogP contribution in [0, 0.1) is 0 Å². The number of benzene rings is 2. The van der Waals surface area contributed by atoms with Crippen molar-refractivity contribution in [1.82, 2.24) is 11.1 Å². The van der Waals surface area contributed by atoms with Crippen molar-refractivity contribution < 1.29 is 9.52 Å². The van der Waals surface area contributed by atoms with Gasteiger partial charge in [-0.2, -0.15) is 0 Å². The number of aromatic hydroxyl groups is 1. The number of hydrogen-bond acceptors (Lipinski definition) is 5. The van der Waals surface area contributed by atoms with Gasteiger partial charge in [-0.1, -0.05) is 0 Å². The standard InChI is InChI=1S/C12H3Br4NO3.H3N/c13-3-1-5-11(7(15)9(3)18)20-12-6(17-5)2-4(14)10(19)8(12)16;/h1-2,18H;1H3. The zero-order valence-electron chi connectivity index (χ0n) is 10.1. The average molecular weight is 546 g/mol. The van der Waals surface area contributed by atoms with Crippen LogP contribution in [0.15, 0.2) is 39.2 Å². The summed E-state index contributed by atoms with van der Waals surface area (Å²) in [6.07, 6.45) is 0. The smallest absolute Gasteiger partial charge is 0.210 e. The lowest BCUT2D eigenvalue weighted by molar-refractivity contribution is 0.467. The second-order valence-electron chi connectivity index (χ2n) is 3.93. The van der Waals surface area contributed by atoms with Crippen molar-refractivity contribution in [2.24, 2.45) is 0 Å². The van der Waals surface area contributed by atoms with Crippen molar-refractivity contribution in [3.8, 4) is 17.2 Å². The molecule has 110 valence electrons. The first-order chi connectivity index (χ1) is 9.40. The minimum absolute atomic E-state index is 0. The van der Waals surface area contributed by atoms with Crippen LogP contribution in [-0.2, 0) is 0 Å². The Morgan fingerprint density at radius 3 is 2.38 bits per heavy atom. The fourth-order valence-electron chi connectivity index (χ4n) is 1.74. The molecule has 5 nitrogen and oxygen atoms in total. The molecule has 0 amide bonds. The molecule has 9 heteroatoms. The molecule has 2 aliphatic rings. The number of hydrogen-bond donors (Lipinski definition) is 2. The van der Waals surface area contributed by atoms with Gasteiger partial charge in [0.05, 0.1) is 8.95 Å². The van der Waals surface area contributed by atoms with Crippen LogP contribution in [0.5, 0.6) is 5.75 Å². The first-order valence-corrected chi connectivity index (χ1v) is 8.37. The highest BCUT2D eigenvalue weighted by molar-refractivity contribution is 9.11. The number of phenolic OH excluding ortho intramolecular Hbond substituents is 1. The van der Waals surface area contributed by atoms with Crippen LogP contribution in [0.3, 0.4) is 0 Å². The molecule has 1 aromatic rings. The SMILES string of the molecule is N.O=c1c(Br)cc2nc3cc(Br)c(O)c(Br)c3oc-2c1Br. The van der Waals surface area contributed by atoms with Gasteiger partial charge in [-0.05, 0) is 75.9 Å². The molecule has 1 aliphatic heterocycles. The third-order valence-corrected chi connectivity index (χ3v) is 5.34. The van der Waals surface area contributed by atoms with E-state index in [2.05, 4.69) is 68.7 Å². The number of phenols is 1. The molecule has 0 radical (unpaired) electrons. The lowest BCUT2D eigenvalue weighted by atomic mass is 10.2. The number of aromatic nitrogens is 1. The minimum Gasteiger partial charge on any atom is -0.505 e. The molecule has 0 spiro atoms. The molecule has 1 aliphatic carbocycles. The Morgan fingerprint density at radius 1 is 1.05 bits per heavy atom. The Hall–Kier alpha value is -0.480. The van der Waals surface area contributed by atoms with Crippen molar-refractivity contribution in [1.29, 1.82) is 0 Å². The van der Waals surface area contributed by atoms with E-state index >= 15 is 0 Å². The maximum Gasteiger partial charge on any atom is 0.210 e. The highest BCUT2D eigenvalue weighted by Crippen LogP contribution is 2.41. The zero-order chi connectivity index (χ0) is 14.6. The van der Waals surface area contributed by atoms with Crippen molar-refractivity contribution >= 4 is 74.8 Å². The van der Waals surface area contributed by atoms with Gasteiger partial charge in [-0.15, -0.1) is 0 Å². The monoisotopic (exact) mass is 542 g/mol. The lowest BCUT2D eigenvalue weighted by Gasteiger charge is -2.10. The highest BCUT2D eigenvalue weighted by Gasteiger charge is 2.20. The molecular formula is C12H6Br4N2O3. The first kappa shape index (κ1) is 16.9. The molecule has 0 fully saturated rings. The Bertz CT molecular complexity index is 894. The van der Waals surface area contributed by atoms with Crippen LogP contribution < -0.4 is 11.6 Å². The topological polar surface area (TPSA) is 98.3 Å². The molecule has 0 unspecified atom stereocenters. The summed E-state index contributed by atoms with van der Waals surface area (Å²) < 4.78 is 7.27. The number of halogens is 4. The van der Waals surface area contributed by atoms with Gasteiger partial charge in [-0.3, -0.25) is 4.79 Å². The van der Waals surface area contributed by atoms with Gasteiger partial charge in [0.2, 0.25) is 5.43 Å². The predicted molar refractivity (Wildman–Crippen MR) is 94.4 cm³/mol. The molecule has 0 aromatic heterocycles. The molecule has 0 atom stereocenters. The van der Waals surface area contributed by atoms with E-state index < -0.39 is 0 Å². The number of fused-ring (bicyclic) bond motifs is 2. The lowest BCUT2D eigenvalue weighted by Crippen LogP contribution is -2.06. The number of rotatable bonds is 0. The van der Waals surface area contributed by atoms with Crippen LogP contribution >= 0.6 is 63.7 Å². The van der Waals surface area contributed by atoms with Gasteiger partial charge in [-0.25, -0.2) is 4.98 Å². The van der Waals surface area contributed by atoms with Crippen LogP contribution in [0.25, 0.3) is 22.6 Å². The van der Waals surface area contributed by atoms with Crippen molar-refractivity contribution in [2.45, 2.75) is 0 Å². The summed E-state index contributed by atoms with van der Waals surface area (Å²) in [5.74, 6) is 0.339. The molecule has 4 N–H and O–H groups in total. The number of nitrogens with zero attached hydrogens (tertiary/aromatic N) is 1. The van der Waals surface area contributed by atoms with Crippen LogP contribution in [0.1, 0.15) is 0 Å². The second kappa shape index (κ2) is 5.96. The molecule has 3 rings (SSSR count). The molecule has 0 saturated heterocycles. The third kappa shape index (κ3) is 2.65. The van der Waals surface area contributed by atoms with Gasteiger partial charge in [0.1, 0.15) is 25.9 Å². The van der Waals surface area contributed by atoms with E-state index in [1.165, 1.54) is 0 Å². The van der Waals surface area contributed by atoms with Gasteiger partial charge < -0.3 is 15.7 Å². The average Bonchev–Trinajstić information content (AvgIpc) is 2.41. The van der Waals surface area contributed by atoms with Gasteiger partial charge >= 0.3 is 0 Å². The van der Waals surface area contributed by atoms with E-state index in [0.29, 0.717) is 36.0 Å². The molecule has 0 saturated carbocycles. The Kier molecular flexibility index (Phi) is 4.79. The van der Waals surface area contributed by atoms with Gasteiger partial charge in [0.15, 0.2) is 11.3 Å². The summed E-state index contributed by atoms with van der Waals surface area (Å²) in [6.45, 7) is 0. The molecule has 1 heterocycles. The maximum absolute atomic E-state index is 11.9. The summed E-state index contributed by atoms with van der Waals surface area (Å²) in [6, 6.07) is 3.24. The van der Waals surface area contributed by atoms with E-state index in [1.54, 1.807) is 12.1 Å². The van der Waals surface area contributed by atoms with Crippen LogP contribution in [0.2, 0.25) is 0 Å². The van der Waals surface area contributed by atoms with E-state index in [9.17, 15) is 9.90 Å². The summed E-state index contributed by atoms with van der Waals surface area (Å²) in [4.78, 5) is 16.3. The highest BCUT2D eigenvalue weighted by atomic mass is 79.9. The fourth-order valence-corrected chi connectivity index (χ4v) is 4.10. The maximum atomic E-state index is 11.9. The van der Waals surface area contributed by atoms with E-state index in [1.807, 2.05) is 0 Å². The predicted octanol–water partition coefficient (Wildman–Crippen LogP) is 5.21. The zero-order valence-corrected chi connectivity index (χ0v) is 16.4. The van der Waals surface area contributed by atoms with Gasteiger partial charge in [0.25, 0.3) is 0 Å². The summed E-state index contributed by atoms with van der Waals surface area (Å²) in [5, 5.41) is 9.88. The van der Waals surface area contributed by atoms with Gasteiger partial charge in [0, 0.05) is 0 Å². The quantitative estimate of drug-likeness (QED) is 0.378. The molecular weight excluding hydrogens is 540 g/mol. The third-order valence-electron chi connectivity index (χ3n) is 2.69. The Morgan fingerprint density at radius 2 is 1.71 bits per heavy atom. The fraction of sp³-hybridized carbons (Fsp3) is 0. The summed E-state index contributed by atoms with van der Waals surface area (Å²) in [5.41, 5.74) is 1.22. The van der Waals surface area contributed by atoms with E-state index in [-0.39, 0.29) is 21.8 Å².